The molecule has 0 saturated carbocycles. The summed E-state index contributed by atoms with van der Waals surface area (Å²) in [6.45, 7) is 0. The van der Waals surface area contributed by atoms with E-state index in [0.717, 1.165) is 0 Å². The number of halogens is 7. The van der Waals surface area contributed by atoms with E-state index in [1.807, 2.05) is 0 Å². The van der Waals surface area contributed by atoms with Crippen LogP contribution in [0.25, 0.3) is 0 Å². The van der Waals surface area contributed by atoms with Crippen molar-refractivity contribution in [2.24, 2.45) is 0 Å². The first-order chi connectivity index (χ1) is 7.53. The molecule has 1 aromatic rings. The van der Waals surface area contributed by atoms with Crippen molar-refractivity contribution < 1.29 is 31.1 Å². The summed E-state index contributed by atoms with van der Waals surface area (Å²) in [6, 6.07) is 0.626. The van der Waals surface area contributed by atoms with Gasteiger partial charge in [0.15, 0.2) is 0 Å². The molecule has 0 spiro atoms. The van der Waals surface area contributed by atoms with Crippen LogP contribution in [0.15, 0.2) is 18.2 Å². The number of benzene rings is 1. The zero-order chi connectivity index (χ0) is 13.4. The molecule has 0 aliphatic carbocycles. The fourth-order valence-corrected chi connectivity index (χ4v) is 1.29. The summed E-state index contributed by atoms with van der Waals surface area (Å²) in [5.41, 5.74) is -4.20. The van der Waals surface area contributed by atoms with E-state index in [2.05, 4.69) is 0 Å². The highest BCUT2D eigenvalue weighted by Gasteiger charge is 2.39. The van der Waals surface area contributed by atoms with Crippen LogP contribution in [0, 0.1) is 0 Å². The van der Waals surface area contributed by atoms with Crippen molar-refractivity contribution in [3.05, 3.63) is 34.9 Å². The van der Waals surface area contributed by atoms with Gasteiger partial charge in [0.25, 0.3) is 5.24 Å². The van der Waals surface area contributed by atoms with E-state index in [1.165, 1.54) is 0 Å². The van der Waals surface area contributed by atoms with Crippen molar-refractivity contribution in [2.75, 3.05) is 0 Å². The normalized spacial score (nSPS) is 12.6. The molecule has 0 aromatic heterocycles. The molecule has 8 heteroatoms. The summed E-state index contributed by atoms with van der Waals surface area (Å²) in [5.74, 6) is 0. The summed E-state index contributed by atoms with van der Waals surface area (Å²) in [4.78, 5) is 10.7. The van der Waals surface area contributed by atoms with Crippen LogP contribution in [0.2, 0.25) is 0 Å². The van der Waals surface area contributed by atoms with Gasteiger partial charge in [-0.2, -0.15) is 26.3 Å². The minimum Gasteiger partial charge on any atom is -0.276 e. The quantitative estimate of drug-likeness (QED) is 0.557. The van der Waals surface area contributed by atoms with Crippen LogP contribution < -0.4 is 0 Å². The molecule has 0 bridgehead atoms. The average molecular weight is 277 g/mol. The predicted octanol–water partition coefficient (Wildman–Crippen LogP) is 4.10. The zero-order valence-corrected chi connectivity index (χ0v) is 8.54. The largest absolute Gasteiger partial charge is 0.417 e. The third kappa shape index (κ3) is 3.12. The molecule has 0 aliphatic rings. The van der Waals surface area contributed by atoms with E-state index < -0.39 is 34.3 Å². The van der Waals surface area contributed by atoms with Crippen LogP contribution in [0.5, 0.6) is 0 Å². The van der Waals surface area contributed by atoms with Crippen LogP contribution >= 0.6 is 11.6 Å². The molecule has 0 radical (unpaired) electrons. The Morgan fingerprint density at radius 1 is 1.00 bits per heavy atom. The molecular weight excluding hydrogens is 274 g/mol. The SMILES string of the molecule is O=C(Cl)c1ccc(C(F)(F)F)cc1C(F)(F)F. The molecule has 0 amide bonds. The summed E-state index contributed by atoms with van der Waals surface area (Å²) < 4.78 is 73.8. The van der Waals surface area contributed by atoms with Crippen LogP contribution in [0.4, 0.5) is 26.3 Å². The Labute approximate surface area is 96.0 Å². The van der Waals surface area contributed by atoms with Gasteiger partial charge >= 0.3 is 12.4 Å². The number of alkyl halides is 6. The number of rotatable bonds is 1. The van der Waals surface area contributed by atoms with Gasteiger partial charge in [0, 0.05) is 5.56 Å². The molecule has 0 fully saturated rings. The minimum absolute atomic E-state index is 0.143. The molecule has 1 rings (SSSR count). The van der Waals surface area contributed by atoms with E-state index in [0.29, 0.717) is 12.1 Å². The van der Waals surface area contributed by atoms with E-state index in [9.17, 15) is 31.1 Å². The van der Waals surface area contributed by atoms with Crippen LogP contribution in [0.1, 0.15) is 21.5 Å². The first-order valence-corrected chi connectivity index (χ1v) is 4.39. The van der Waals surface area contributed by atoms with Crippen molar-refractivity contribution in [1.82, 2.24) is 0 Å². The van der Waals surface area contributed by atoms with Gasteiger partial charge in [-0.25, -0.2) is 0 Å². The van der Waals surface area contributed by atoms with E-state index in [1.54, 1.807) is 0 Å². The van der Waals surface area contributed by atoms with Crippen molar-refractivity contribution in [3.8, 4) is 0 Å². The van der Waals surface area contributed by atoms with E-state index in [4.69, 9.17) is 11.6 Å². The second kappa shape index (κ2) is 4.21. The molecule has 0 N–H and O–H groups in total. The van der Waals surface area contributed by atoms with Crippen LogP contribution in [-0.2, 0) is 12.4 Å². The van der Waals surface area contributed by atoms with Gasteiger partial charge in [-0.05, 0) is 29.8 Å². The second-order valence-corrected chi connectivity index (χ2v) is 3.37. The van der Waals surface area contributed by atoms with Gasteiger partial charge in [-0.1, -0.05) is 0 Å². The molecule has 1 aromatic carbocycles. The summed E-state index contributed by atoms with van der Waals surface area (Å²) >= 11 is 4.86. The van der Waals surface area contributed by atoms with Gasteiger partial charge in [0.1, 0.15) is 0 Å². The lowest BCUT2D eigenvalue weighted by atomic mass is 10.0. The monoisotopic (exact) mass is 276 g/mol. The Hall–Kier alpha value is -1.24. The maximum atomic E-state index is 12.4. The number of hydrogen-bond acceptors (Lipinski definition) is 1. The standard InChI is InChI=1S/C9H3ClF6O/c10-7(17)5-2-1-4(8(11,12)13)3-6(5)9(14,15)16/h1-3H. The van der Waals surface area contributed by atoms with Gasteiger partial charge in [-0.15, -0.1) is 0 Å². The lowest BCUT2D eigenvalue weighted by molar-refractivity contribution is -0.143. The van der Waals surface area contributed by atoms with Crippen molar-refractivity contribution in [2.45, 2.75) is 12.4 Å². The van der Waals surface area contributed by atoms with Crippen molar-refractivity contribution in [1.29, 1.82) is 0 Å². The highest BCUT2D eigenvalue weighted by molar-refractivity contribution is 6.67. The van der Waals surface area contributed by atoms with Gasteiger partial charge in [0.05, 0.1) is 11.1 Å². The Morgan fingerprint density at radius 3 is 1.88 bits per heavy atom. The Kier molecular flexibility index (Phi) is 3.42. The maximum Gasteiger partial charge on any atom is 0.417 e. The van der Waals surface area contributed by atoms with Crippen LogP contribution in [-0.4, -0.2) is 5.24 Å². The fourth-order valence-electron chi connectivity index (χ4n) is 1.13. The Morgan fingerprint density at radius 2 is 1.53 bits per heavy atom. The van der Waals surface area contributed by atoms with Crippen LogP contribution in [0.3, 0.4) is 0 Å². The van der Waals surface area contributed by atoms with Crippen molar-refractivity contribution >= 4 is 16.8 Å². The summed E-state index contributed by atoms with van der Waals surface area (Å²) in [5, 5.41) is -1.47. The molecule has 94 valence electrons. The number of carbonyl (C=O) groups excluding carboxylic acids is 1. The summed E-state index contributed by atoms with van der Waals surface area (Å²) in [6.07, 6.45) is -10.0. The topological polar surface area (TPSA) is 17.1 Å². The molecule has 17 heavy (non-hydrogen) atoms. The molecule has 0 unspecified atom stereocenters. The maximum absolute atomic E-state index is 12.4. The fraction of sp³-hybridized carbons (Fsp3) is 0.222. The first-order valence-electron chi connectivity index (χ1n) is 4.02. The lowest BCUT2D eigenvalue weighted by Crippen LogP contribution is -2.14. The highest BCUT2D eigenvalue weighted by atomic mass is 35.5. The minimum atomic E-state index is -5.08. The second-order valence-electron chi connectivity index (χ2n) is 3.03. The average Bonchev–Trinajstić information content (AvgIpc) is 2.14. The molecule has 0 heterocycles. The molecule has 0 saturated heterocycles. The summed E-state index contributed by atoms with van der Waals surface area (Å²) in [7, 11) is 0. The third-order valence-electron chi connectivity index (χ3n) is 1.86. The molecule has 1 nitrogen and oxygen atoms in total. The van der Waals surface area contributed by atoms with Gasteiger partial charge in [0.2, 0.25) is 0 Å². The van der Waals surface area contributed by atoms with Gasteiger partial charge < -0.3 is 0 Å². The van der Waals surface area contributed by atoms with E-state index >= 15 is 0 Å². The smallest absolute Gasteiger partial charge is 0.276 e. The first kappa shape index (κ1) is 13.8. The number of hydrogen-bond donors (Lipinski definition) is 0. The van der Waals surface area contributed by atoms with E-state index in [-0.39, 0.29) is 6.07 Å². The predicted molar refractivity (Wildman–Crippen MR) is 46.6 cm³/mol. The molecule has 0 aliphatic heterocycles. The van der Waals surface area contributed by atoms with Gasteiger partial charge in [-0.3, -0.25) is 4.79 Å². The Bertz CT molecular complexity index is 448. The Balaban J connectivity index is 3.46. The number of carbonyl (C=O) groups is 1. The third-order valence-corrected chi connectivity index (χ3v) is 2.07. The highest BCUT2D eigenvalue weighted by Crippen LogP contribution is 2.37. The lowest BCUT2D eigenvalue weighted by Gasteiger charge is -2.13. The molecular formula is C9H3ClF6O. The zero-order valence-electron chi connectivity index (χ0n) is 7.79. The molecule has 0 atom stereocenters. The van der Waals surface area contributed by atoms with Crippen molar-refractivity contribution in [3.63, 3.8) is 0 Å².